The van der Waals surface area contributed by atoms with E-state index in [1.807, 2.05) is 66.7 Å². The Morgan fingerprint density at radius 1 is 0.935 bits per heavy atom. The number of fused-ring (bicyclic) bond motifs is 2. The van der Waals surface area contributed by atoms with Crippen LogP contribution in [0.5, 0.6) is 0 Å². The van der Waals surface area contributed by atoms with Gasteiger partial charge in [-0.1, -0.05) is 60.3 Å². The third-order valence-electron chi connectivity index (χ3n) is 5.24. The zero-order chi connectivity index (χ0) is 21.0. The Morgan fingerprint density at radius 3 is 2.48 bits per heavy atom. The van der Waals surface area contributed by atoms with Gasteiger partial charge in [0.25, 0.3) is 0 Å². The largest absolute Gasteiger partial charge is 0.378 e. The van der Waals surface area contributed by atoms with Crippen molar-refractivity contribution in [2.45, 2.75) is 5.03 Å². The minimum Gasteiger partial charge on any atom is -0.378 e. The lowest BCUT2D eigenvalue weighted by Gasteiger charge is -2.29. The Morgan fingerprint density at radius 2 is 1.65 bits per heavy atom. The highest BCUT2D eigenvalue weighted by molar-refractivity contribution is 8.00. The second-order valence-corrected chi connectivity index (χ2v) is 8.27. The molecule has 0 unspecified atom stereocenters. The van der Waals surface area contributed by atoms with E-state index in [1.165, 1.54) is 11.8 Å². The molecule has 1 amide bonds. The predicted molar refractivity (Wildman–Crippen MR) is 126 cm³/mol. The third-order valence-corrected chi connectivity index (χ3v) is 6.19. The van der Waals surface area contributed by atoms with E-state index < -0.39 is 0 Å². The number of anilines is 2. The number of hydrogen-bond donors (Lipinski definition) is 1. The number of thioether (sulfide) groups is 1. The number of aromatic nitrogens is 2. The lowest BCUT2D eigenvalue weighted by Crippen LogP contribution is -2.37. The van der Waals surface area contributed by atoms with Crippen molar-refractivity contribution in [3.05, 3.63) is 66.7 Å². The maximum atomic E-state index is 12.8. The molecule has 4 aromatic rings. The highest BCUT2D eigenvalue weighted by Gasteiger charge is 2.20. The summed E-state index contributed by atoms with van der Waals surface area (Å²) in [6.45, 7) is 2.87. The number of amides is 1. The number of benzene rings is 3. The van der Waals surface area contributed by atoms with Crippen LogP contribution in [0.4, 0.5) is 11.5 Å². The van der Waals surface area contributed by atoms with Gasteiger partial charge < -0.3 is 15.0 Å². The monoisotopic (exact) mass is 430 g/mol. The molecular formula is C24H22N4O2S. The molecule has 1 aromatic heterocycles. The van der Waals surface area contributed by atoms with Gasteiger partial charge in [0.15, 0.2) is 5.82 Å². The average Bonchev–Trinajstić information content (AvgIpc) is 2.83. The lowest BCUT2D eigenvalue weighted by molar-refractivity contribution is -0.113. The van der Waals surface area contributed by atoms with Crippen LogP contribution in [-0.2, 0) is 9.53 Å². The van der Waals surface area contributed by atoms with Gasteiger partial charge in [0, 0.05) is 24.2 Å². The van der Waals surface area contributed by atoms with Crippen LogP contribution in [0, 0.1) is 0 Å². The Labute approximate surface area is 184 Å². The quantitative estimate of drug-likeness (QED) is 0.475. The number of hydrogen-bond acceptors (Lipinski definition) is 6. The maximum Gasteiger partial charge on any atom is 0.234 e. The summed E-state index contributed by atoms with van der Waals surface area (Å²) in [7, 11) is 0. The second kappa shape index (κ2) is 8.91. The van der Waals surface area contributed by atoms with Gasteiger partial charge in [-0.05, 0) is 23.6 Å². The van der Waals surface area contributed by atoms with Crippen molar-refractivity contribution in [1.29, 1.82) is 0 Å². The molecule has 0 radical (unpaired) electrons. The van der Waals surface area contributed by atoms with Gasteiger partial charge in [-0.2, -0.15) is 0 Å². The topological polar surface area (TPSA) is 67.4 Å². The van der Waals surface area contributed by atoms with Crippen molar-refractivity contribution in [1.82, 2.24) is 9.97 Å². The minimum absolute atomic E-state index is 0.0655. The molecule has 1 aliphatic heterocycles. The fourth-order valence-electron chi connectivity index (χ4n) is 3.71. The number of morpholine rings is 1. The predicted octanol–water partition coefficient (Wildman–Crippen LogP) is 4.35. The van der Waals surface area contributed by atoms with E-state index in [2.05, 4.69) is 10.2 Å². The molecular weight excluding hydrogens is 408 g/mol. The number of rotatable bonds is 5. The second-order valence-electron chi connectivity index (χ2n) is 7.30. The molecule has 0 saturated carbocycles. The van der Waals surface area contributed by atoms with Gasteiger partial charge in [-0.3, -0.25) is 4.79 Å². The molecule has 7 heteroatoms. The van der Waals surface area contributed by atoms with Crippen LogP contribution in [0.2, 0.25) is 0 Å². The van der Waals surface area contributed by atoms with Crippen LogP contribution >= 0.6 is 11.8 Å². The van der Waals surface area contributed by atoms with Gasteiger partial charge >= 0.3 is 0 Å². The molecule has 2 heterocycles. The van der Waals surface area contributed by atoms with Crippen LogP contribution in [0.15, 0.2) is 71.8 Å². The van der Waals surface area contributed by atoms with E-state index >= 15 is 0 Å². The minimum atomic E-state index is -0.0655. The van der Waals surface area contributed by atoms with Crippen molar-refractivity contribution >= 4 is 51.0 Å². The number of ether oxygens (including phenoxy) is 1. The van der Waals surface area contributed by atoms with E-state index in [-0.39, 0.29) is 11.7 Å². The summed E-state index contributed by atoms with van der Waals surface area (Å²) in [5.41, 5.74) is 2.51. The fraction of sp³-hybridized carbons (Fsp3) is 0.208. The summed E-state index contributed by atoms with van der Waals surface area (Å²) in [5, 5.41) is 5.95. The molecule has 1 saturated heterocycles. The fourth-order valence-corrected chi connectivity index (χ4v) is 4.51. The maximum absolute atomic E-state index is 12.8. The van der Waals surface area contributed by atoms with Crippen LogP contribution in [-0.4, -0.2) is 47.9 Å². The molecule has 3 aromatic carbocycles. The first-order valence-electron chi connectivity index (χ1n) is 10.3. The third kappa shape index (κ3) is 4.33. The Kier molecular flexibility index (Phi) is 5.69. The van der Waals surface area contributed by atoms with Crippen LogP contribution in [0.1, 0.15) is 0 Å². The first-order chi connectivity index (χ1) is 15.3. The molecule has 31 heavy (non-hydrogen) atoms. The molecule has 0 aliphatic carbocycles. The van der Waals surface area contributed by atoms with Crippen LogP contribution < -0.4 is 10.2 Å². The molecule has 1 fully saturated rings. The van der Waals surface area contributed by atoms with Gasteiger partial charge in [0.1, 0.15) is 5.03 Å². The normalized spacial score (nSPS) is 14.1. The summed E-state index contributed by atoms with van der Waals surface area (Å²) in [6.07, 6.45) is 0. The molecule has 0 atom stereocenters. The molecule has 1 N–H and O–H groups in total. The zero-order valence-electron chi connectivity index (χ0n) is 17.0. The summed E-state index contributed by atoms with van der Waals surface area (Å²) >= 11 is 1.42. The Hall–Kier alpha value is -3.16. The van der Waals surface area contributed by atoms with Gasteiger partial charge in [-0.25, -0.2) is 9.97 Å². The van der Waals surface area contributed by atoms with Gasteiger partial charge in [-0.15, -0.1) is 0 Å². The number of nitrogens with one attached hydrogen (secondary N) is 1. The number of carbonyl (C=O) groups is 1. The van der Waals surface area contributed by atoms with Gasteiger partial charge in [0.05, 0.1) is 30.0 Å². The van der Waals surface area contributed by atoms with Crippen LogP contribution in [0.25, 0.3) is 21.8 Å². The van der Waals surface area contributed by atoms with E-state index in [4.69, 9.17) is 14.7 Å². The van der Waals surface area contributed by atoms with Crippen molar-refractivity contribution in [3.8, 4) is 0 Å². The average molecular weight is 431 g/mol. The summed E-state index contributed by atoms with van der Waals surface area (Å²) in [5.74, 6) is 1.02. The number of carbonyl (C=O) groups excluding carboxylic acids is 1. The van der Waals surface area contributed by atoms with E-state index in [0.29, 0.717) is 13.2 Å². The number of nitrogens with zero attached hydrogens (tertiary/aromatic N) is 3. The zero-order valence-corrected chi connectivity index (χ0v) is 17.8. The number of para-hydroxylation sites is 2. The summed E-state index contributed by atoms with van der Waals surface area (Å²) in [6, 6.07) is 21.8. The van der Waals surface area contributed by atoms with Crippen molar-refractivity contribution in [2.24, 2.45) is 0 Å². The van der Waals surface area contributed by atoms with Crippen LogP contribution in [0.3, 0.4) is 0 Å². The standard InChI is InChI=1S/C24H22N4O2S/c29-22(25-19-11-5-7-17-6-1-2-8-18(17)19)16-31-24-23(28-12-14-30-15-13-28)26-20-9-3-4-10-21(20)27-24/h1-11H,12-16H2,(H,25,29). The van der Waals surface area contributed by atoms with Crippen molar-refractivity contribution in [3.63, 3.8) is 0 Å². The highest BCUT2D eigenvalue weighted by atomic mass is 32.2. The van der Waals surface area contributed by atoms with Crippen molar-refractivity contribution < 1.29 is 9.53 Å². The molecule has 5 rings (SSSR count). The molecule has 6 nitrogen and oxygen atoms in total. The first kappa shape index (κ1) is 19.8. The Bertz CT molecular complexity index is 1240. The van der Waals surface area contributed by atoms with Gasteiger partial charge in [0.2, 0.25) is 5.91 Å². The van der Waals surface area contributed by atoms with E-state index in [0.717, 1.165) is 51.4 Å². The molecule has 1 aliphatic rings. The Balaban J connectivity index is 1.37. The molecule has 0 bridgehead atoms. The smallest absolute Gasteiger partial charge is 0.234 e. The highest BCUT2D eigenvalue weighted by Crippen LogP contribution is 2.30. The summed E-state index contributed by atoms with van der Waals surface area (Å²) < 4.78 is 5.49. The van der Waals surface area contributed by atoms with Crippen molar-refractivity contribution in [2.75, 3.05) is 42.3 Å². The lowest BCUT2D eigenvalue weighted by atomic mass is 10.1. The van der Waals surface area contributed by atoms with E-state index in [9.17, 15) is 4.79 Å². The molecule has 156 valence electrons. The SMILES string of the molecule is O=C(CSc1nc2ccccc2nc1N1CCOCC1)Nc1cccc2ccccc12. The van der Waals surface area contributed by atoms with E-state index in [1.54, 1.807) is 0 Å². The summed E-state index contributed by atoms with van der Waals surface area (Å²) in [4.78, 5) is 24.6. The first-order valence-corrected chi connectivity index (χ1v) is 11.3. The molecule has 0 spiro atoms.